The number of nitrogens with one attached hydrogen (secondary N) is 1. The van der Waals surface area contributed by atoms with Crippen LogP contribution in [-0.2, 0) is 4.79 Å². The van der Waals surface area contributed by atoms with Crippen LogP contribution in [0.4, 0.5) is 5.69 Å². The molecule has 0 heterocycles. The number of para-hydroxylation sites is 1. The van der Waals surface area contributed by atoms with Crippen LogP contribution in [0.25, 0.3) is 0 Å². The zero-order valence-corrected chi connectivity index (χ0v) is 13.3. The molecular weight excluding hydrogens is 305 g/mol. The summed E-state index contributed by atoms with van der Waals surface area (Å²) in [7, 11) is 0. The second-order valence-corrected chi connectivity index (χ2v) is 8.20. The van der Waals surface area contributed by atoms with E-state index in [1.807, 2.05) is 30.3 Å². The standard InChI is InChI=1S/C17H19Cl2NO/c18-17(19)13-8-6-11-12(7-9-14(13)17)15(11)16(21)20-10-4-2-1-3-5-10/h1-5,11-15H,6-9H2,(H,20,21)/t11-,12+,13-,14+,15?. The summed E-state index contributed by atoms with van der Waals surface area (Å²) in [5.74, 6) is 2.39. The lowest BCUT2D eigenvalue weighted by molar-refractivity contribution is -0.117. The Bertz CT molecular complexity index is 537. The van der Waals surface area contributed by atoms with Crippen LogP contribution in [0.3, 0.4) is 0 Å². The summed E-state index contributed by atoms with van der Waals surface area (Å²) in [6.07, 6.45) is 4.35. The number of fused-ring (bicyclic) bond motifs is 2. The molecule has 3 fully saturated rings. The molecule has 0 saturated heterocycles. The third-order valence-electron chi connectivity index (χ3n) is 5.66. The molecule has 3 aliphatic carbocycles. The summed E-state index contributed by atoms with van der Waals surface area (Å²) in [6.45, 7) is 0. The number of carbonyl (C=O) groups excluding carboxylic acids is 1. The van der Waals surface area contributed by atoms with E-state index in [4.69, 9.17) is 23.2 Å². The maximum absolute atomic E-state index is 12.4. The summed E-state index contributed by atoms with van der Waals surface area (Å²) in [5, 5.41) is 3.05. The summed E-state index contributed by atoms with van der Waals surface area (Å²) in [4.78, 5) is 12.4. The van der Waals surface area contributed by atoms with E-state index in [9.17, 15) is 4.79 Å². The average molecular weight is 324 g/mol. The lowest BCUT2D eigenvalue weighted by Crippen LogP contribution is -2.15. The minimum absolute atomic E-state index is 0.190. The summed E-state index contributed by atoms with van der Waals surface area (Å²) < 4.78 is -0.474. The summed E-state index contributed by atoms with van der Waals surface area (Å²) in [5.41, 5.74) is 0.894. The largest absolute Gasteiger partial charge is 0.326 e. The van der Waals surface area contributed by atoms with Gasteiger partial charge in [-0.2, -0.15) is 0 Å². The first-order chi connectivity index (χ1) is 10.1. The van der Waals surface area contributed by atoms with Crippen LogP contribution in [0.5, 0.6) is 0 Å². The van der Waals surface area contributed by atoms with Crippen molar-refractivity contribution < 1.29 is 4.79 Å². The van der Waals surface area contributed by atoms with Gasteiger partial charge in [0.15, 0.2) is 0 Å². The van der Waals surface area contributed by atoms with Crippen molar-refractivity contribution in [3.8, 4) is 0 Å². The Labute approximate surface area is 135 Å². The minimum Gasteiger partial charge on any atom is -0.326 e. The molecular formula is C17H19Cl2NO. The number of carbonyl (C=O) groups is 1. The number of hydrogen-bond acceptors (Lipinski definition) is 1. The Morgan fingerprint density at radius 2 is 1.57 bits per heavy atom. The predicted molar refractivity (Wildman–Crippen MR) is 85.4 cm³/mol. The fourth-order valence-electron chi connectivity index (χ4n) is 4.36. The molecule has 1 aromatic carbocycles. The highest BCUT2D eigenvalue weighted by atomic mass is 35.5. The van der Waals surface area contributed by atoms with E-state index in [2.05, 4.69) is 5.32 Å². The molecule has 3 aliphatic rings. The van der Waals surface area contributed by atoms with E-state index in [1.165, 1.54) is 0 Å². The molecule has 2 nitrogen and oxygen atoms in total. The number of alkyl halides is 2. The maximum atomic E-state index is 12.4. The predicted octanol–water partition coefficient (Wildman–Crippen LogP) is 4.48. The highest BCUT2D eigenvalue weighted by molar-refractivity contribution is 6.51. The number of halogens is 2. The van der Waals surface area contributed by atoms with E-state index in [0.29, 0.717) is 23.7 Å². The first-order valence-electron chi connectivity index (χ1n) is 7.83. The zero-order valence-electron chi connectivity index (χ0n) is 11.8. The van der Waals surface area contributed by atoms with Crippen LogP contribution in [0.1, 0.15) is 25.7 Å². The Kier molecular flexibility index (Phi) is 3.24. The van der Waals surface area contributed by atoms with Crippen LogP contribution >= 0.6 is 23.2 Å². The monoisotopic (exact) mass is 323 g/mol. The highest BCUT2D eigenvalue weighted by Gasteiger charge is 2.65. The van der Waals surface area contributed by atoms with Gasteiger partial charge in [0.25, 0.3) is 0 Å². The third kappa shape index (κ3) is 2.37. The van der Waals surface area contributed by atoms with Crippen molar-refractivity contribution >= 4 is 34.8 Å². The molecule has 4 heteroatoms. The van der Waals surface area contributed by atoms with E-state index in [-0.39, 0.29) is 11.8 Å². The van der Waals surface area contributed by atoms with Crippen LogP contribution < -0.4 is 5.32 Å². The first kappa shape index (κ1) is 13.9. The van der Waals surface area contributed by atoms with Gasteiger partial charge in [0, 0.05) is 11.6 Å². The molecule has 0 aromatic heterocycles. The van der Waals surface area contributed by atoms with Gasteiger partial charge in [-0.25, -0.2) is 0 Å². The smallest absolute Gasteiger partial charge is 0.228 e. The van der Waals surface area contributed by atoms with Crippen molar-refractivity contribution in [1.82, 2.24) is 0 Å². The fraction of sp³-hybridized carbons (Fsp3) is 0.588. The van der Waals surface area contributed by atoms with Gasteiger partial charge in [-0.05, 0) is 61.5 Å². The van der Waals surface area contributed by atoms with E-state index in [1.54, 1.807) is 0 Å². The Hall–Kier alpha value is -0.730. The molecule has 1 unspecified atom stereocenters. The molecule has 112 valence electrons. The molecule has 0 spiro atoms. The highest BCUT2D eigenvalue weighted by Crippen LogP contribution is 2.67. The van der Waals surface area contributed by atoms with Crippen LogP contribution in [-0.4, -0.2) is 10.2 Å². The van der Waals surface area contributed by atoms with Gasteiger partial charge < -0.3 is 5.32 Å². The number of anilines is 1. The van der Waals surface area contributed by atoms with Gasteiger partial charge in [0.05, 0.1) is 0 Å². The molecule has 1 aromatic rings. The minimum atomic E-state index is -0.474. The molecule has 4 rings (SSSR count). The van der Waals surface area contributed by atoms with Crippen LogP contribution in [0, 0.1) is 29.6 Å². The van der Waals surface area contributed by atoms with E-state index < -0.39 is 4.33 Å². The topological polar surface area (TPSA) is 29.1 Å². The molecule has 0 aliphatic heterocycles. The lowest BCUT2D eigenvalue weighted by Gasteiger charge is -2.04. The third-order valence-corrected chi connectivity index (χ3v) is 6.78. The SMILES string of the molecule is O=C(Nc1ccccc1)C1[C@H]2CC[C@H]3[C@@H](CC[C@@H]12)C3(Cl)Cl. The average Bonchev–Trinajstić information content (AvgIpc) is 3.24. The Morgan fingerprint density at radius 1 is 1.00 bits per heavy atom. The van der Waals surface area contributed by atoms with Gasteiger partial charge in [-0.15, -0.1) is 23.2 Å². The maximum Gasteiger partial charge on any atom is 0.228 e. The van der Waals surface area contributed by atoms with Crippen molar-refractivity contribution in [3.63, 3.8) is 0 Å². The Balaban J connectivity index is 1.38. The number of rotatable bonds is 2. The molecule has 0 radical (unpaired) electrons. The van der Waals surface area contributed by atoms with Crippen molar-refractivity contribution in [3.05, 3.63) is 30.3 Å². The molecule has 21 heavy (non-hydrogen) atoms. The number of hydrogen-bond donors (Lipinski definition) is 1. The quantitative estimate of drug-likeness (QED) is 0.799. The van der Waals surface area contributed by atoms with Crippen LogP contribution in [0.15, 0.2) is 30.3 Å². The second kappa shape index (κ2) is 4.89. The van der Waals surface area contributed by atoms with Crippen molar-refractivity contribution in [2.24, 2.45) is 29.6 Å². The van der Waals surface area contributed by atoms with Crippen LogP contribution in [0.2, 0.25) is 0 Å². The molecule has 1 N–H and O–H groups in total. The molecule has 1 amide bonds. The molecule has 5 atom stereocenters. The van der Waals surface area contributed by atoms with Gasteiger partial charge in [-0.3, -0.25) is 4.79 Å². The summed E-state index contributed by atoms with van der Waals surface area (Å²) >= 11 is 12.6. The molecule has 3 saturated carbocycles. The van der Waals surface area contributed by atoms with E-state index in [0.717, 1.165) is 31.4 Å². The molecule has 0 bridgehead atoms. The van der Waals surface area contributed by atoms with Gasteiger partial charge in [0.1, 0.15) is 4.33 Å². The number of amides is 1. The fourth-order valence-corrected chi connectivity index (χ4v) is 5.28. The van der Waals surface area contributed by atoms with Gasteiger partial charge in [0.2, 0.25) is 5.91 Å². The Morgan fingerprint density at radius 3 is 2.14 bits per heavy atom. The van der Waals surface area contributed by atoms with E-state index >= 15 is 0 Å². The zero-order chi connectivity index (χ0) is 14.6. The second-order valence-electron chi connectivity index (χ2n) is 6.75. The van der Waals surface area contributed by atoms with Gasteiger partial charge >= 0.3 is 0 Å². The van der Waals surface area contributed by atoms with Crippen molar-refractivity contribution in [1.29, 1.82) is 0 Å². The lowest BCUT2D eigenvalue weighted by atomic mass is 10.0. The number of benzene rings is 1. The normalized spacial score (nSPS) is 39.2. The van der Waals surface area contributed by atoms with Gasteiger partial charge in [-0.1, -0.05) is 18.2 Å². The summed E-state index contributed by atoms with van der Waals surface area (Å²) in [6, 6.07) is 9.72. The van der Waals surface area contributed by atoms with Crippen molar-refractivity contribution in [2.45, 2.75) is 30.0 Å². The first-order valence-corrected chi connectivity index (χ1v) is 8.58. The van der Waals surface area contributed by atoms with Crippen molar-refractivity contribution in [2.75, 3.05) is 5.32 Å².